The first kappa shape index (κ1) is 35.7. The van der Waals surface area contributed by atoms with E-state index in [1.54, 1.807) is 0 Å². The molecular formula is C26H51N7O11. The molecule has 4 fully saturated rings. The predicted molar refractivity (Wildman–Crippen MR) is 152 cm³/mol. The van der Waals surface area contributed by atoms with Crippen LogP contribution in [0.15, 0.2) is 0 Å². The number of hydrogen-bond donors (Lipinski definition) is 14. The molecule has 2 aliphatic heterocycles. The van der Waals surface area contributed by atoms with E-state index < -0.39 is 109 Å². The summed E-state index contributed by atoms with van der Waals surface area (Å²) in [6, 6.07) is -4.70. The van der Waals surface area contributed by atoms with Crippen molar-refractivity contribution in [2.75, 3.05) is 26.3 Å². The standard InChI is InChI=1S/C26H51N7O11/c27-9-3-26(41,4-9)25(40)33-13-1-11(29)17(22-12(30)2-14(36)15(42-22)6-32-5-10(28)7-34)20(38)23(13)44-24-21(39)18(31)19(37)16(8-35)43-24/h9-24,32,34-39,41H,1-8,27-31H2,(H,33,40). The first-order valence-electron chi connectivity index (χ1n) is 15.1. The zero-order valence-electron chi connectivity index (χ0n) is 24.5. The molecule has 0 aromatic carbocycles. The zero-order chi connectivity index (χ0) is 32.5. The summed E-state index contributed by atoms with van der Waals surface area (Å²) < 4.78 is 17.8. The molecule has 44 heavy (non-hydrogen) atoms. The van der Waals surface area contributed by atoms with Crippen molar-refractivity contribution in [3.8, 4) is 0 Å². The van der Waals surface area contributed by atoms with Gasteiger partial charge in [-0.15, -0.1) is 0 Å². The molecule has 0 aromatic rings. The monoisotopic (exact) mass is 637 g/mol. The average Bonchev–Trinajstić information content (AvgIpc) is 2.95. The summed E-state index contributed by atoms with van der Waals surface area (Å²) in [4.78, 5) is 13.1. The van der Waals surface area contributed by atoms with Crippen LogP contribution in [-0.2, 0) is 19.0 Å². The Kier molecular flexibility index (Phi) is 11.9. The van der Waals surface area contributed by atoms with Gasteiger partial charge >= 0.3 is 0 Å². The van der Waals surface area contributed by atoms with Crippen molar-refractivity contribution in [1.82, 2.24) is 10.6 Å². The summed E-state index contributed by atoms with van der Waals surface area (Å²) in [6.07, 6.45) is -10.9. The van der Waals surface area contributed by atoms with E-state index in [-0.39, 0.29) is 51.4 Å². The molecule has 15 unspecified atom stereocenters. The second-order valence-corrected chi connectivity index (χ2v) is 12.8. The summed E-state index contributed by atoms with van der Waals surface area (Å²) in [5.41, 5.74) is 28.7. The molecule has 18 nitrogen and oxygen atoms in total. The topological polar surface area (TPSA) is 341 Å². The molecule has 1 amide bonds. The third-order valence-electron chi connectivity index (χ3n) is 9.38. The van der Waals surface area contributed by atoms with Gasteiger partial charge in [-0.1, -0.05) is 0 Å². The molecule has 15 atom stereocenters. The maximum atomic E-state index is 13.1. The fourth-order valence-electron chi connectivity index (χ4n) is 6.72. The molecule has 2 heterocycles. The number of amides is 1. The third kappa shape index (κ3) is 7.52. The Balaban J connectivity index is 1.56. The molecule has 18 heteroatoms. The molecule has 2 saturated heterocycles. The van der Waals surface area contributed by atoms with Crippen LogP contribution in [0.4, 0.5) is 0 Å². The largest absolute Gasteiger partial charge is 0.395 e. The van der Waals surface area contributed by atoms with Gasteiger partial charge in [0.2, 0.25) is 0 Å². The van der Waals surface area contributed by atoms with Crippen LogP contribution in [0.5, 0.6) is 0 Å². The lowest BCUT2D eigenvalue weighted by Gasteiger charge is -2.52. The normalized spacial score (nSPS) is 48.8. The molecular weight excluding hydrogens is 586 g/mol. The molecule has 0 aromatic heterocycles. The number of ether oxygens (including phenoxy) is 3. The lowest BCUT2D eigenvalue weighted by Crippen LogP contribution is -2.71. The highest BCUT2D eigenvalue weighted by atomic mass is 16.7. The van der Waals surface area contributed by atoms with Crippen molar-refractivity contribution < 1.29 is 54.8 Å². The lowest BCUT2D eigenvalue weighted by atomic mass is 9.71. The van der Waals surface area contributed by atoms with Crippen molar-refractivity contribution in [2.24, 2.45) is 34.6 Å². The number of carbonyl (C=O) groups excluding carboxylic acids is 1. The first-order chi connectivity index (χ1) is 20.7. The molecule has 4 aliphatic rings. The summed E-state index contributed by atoms with van der Waals surface area (Å²) >= 11 is 0. The SMILES string of the molecule is NC(CO)CNCC1OC(C2C(N)CC(NC(=O)C3(O)CC(N)C3)C(OC3OC(CO)C(O)C(N)C3O)C2O)C(N)CC1O. The minimum atomic E-state index is -1.71. The quantitative estimate of drug-likeness (QED) is 0.0999. The van der Waals surface area contributed by atoms with Crippen molar-refractivity contribution >= 4 is 5.91 Å². The van der Waals surface area contributed by atoms with Gasteiger partial charge in [-0.3, -0.25) is 4.79 Å². The van der Waals surface area contributed by atoms with Crippen molar-refractivity contribution in [1.29, 1.82) is 0 Å². The van der Waals surface area contributed by atoms with E-state index in [2.05, 4.69) is 10.6 Å². The molecule has 2 saturated carbocycles. The average molecular weight is 638 g/mol. The van der Waals surface area contributed by atoms with Crippen molar-refractivity contribution in [3.05, 3.63) is 0 Å². The number of rotatable bonds is 11. The Morgan fingerprint density at radius 1 is 0.955 bits per heavy atom. The minimum absolute atomic E-state index is 0.0184. The van der Waals surface area contributed by atoms with Crippen LogP contribution in [0.2, 0.25) is 0 Å². The van der Waals surface area contributed by atoms with Crippen LogP contribution >= 0.6 is 0 Å². The van der Waals surface area contributed by atoms with Crippen LogP contribution in [0.3, 0.4) is 0 Å². The number of aliphatic hydroxyl groups is 7. The number of nitrogens with two attached hydrogens (primary N) is 5. The Morgan fingerprint density at radius 2 is 1.64 bits per heavy atom. The van der Waals surface area contributed by atoms with E-state index in [9.17, 15) is 40.5 Å². The minimum Gasteiger partial charge on any atom is -0.395 e. The van der Waals surface area contributed by atoms with Crippen LogP contribution < -0.4 is 39.3 Å². The maximum Gasteiger partial charge on any atom is 0.252 e. The summed E-state index contributed by atoms with van der Waals surface area (Å²) in [5, 5.41) is 78.8. The van der Waals surface area contributed by atoms with E-state index >= 15 is 0 Å². The molecule has 4 rings (SSSR count). The number of nitrogens with one attached hydrogen (secondary N) is 2. The summed E-state index contributed by atoms with van der Waals surface area (Å²) in [5.74, 6) is -1.63. The van der Waals surface area contributed by atoms with Crippen LogP contribution in [-0.4, -0.2) is 165 Å². The number of aliphatic hydroxyl groups excluding tert-OH is 6. The van der Waals surface area contributed by atoms with E-state index in [0.29, 0.717) is 0 Å². The van der Waals surface area contributed by atoms with Gasteiger partial charge in [-0.05, 0) is 12.8 Å². The highest BCUT2D eigenvalue weighted by Gasteiger charge is 2.55. The van der Waals surface area contributed by atoms with Crippen LogP contribution in [0.1, 0.15) is 25.7 Å². The number of hydrogen-bond acceptors (Lipinski definition) is 17. The fourth-order valence-corrected chi connectivity index (χ4v) is 6.72. The van der Waals surface area contributed by atoms with E-state index in [1.807, 2.05) is 0 Å². The van der Waals surface area contributed by atoms with Gasteiger partial charge in [0, 0.05) is 56.0 Å². The first-order valence-corrected chi connectivity index (χ1v) is 15.1. The Bertz CT molecular complexity index is 950. The fraction of sp³-hybridized carbons (Fsp3) is 0.962. The predicted octanol–water partition coefficient (Wildman–Crippen LogP) is -8.06. The van der Waals surface area contributed by atoms with Crippen molar-refractivity contribution in [3.63, 3.8) is 0 Å². The smallest absolute Gasteiger partial charge is 0.252 e. The molecule has 19 N–H and O–H groups in total. The molecule has 0 bridgehead atoms. The zero-order valence-corrected chi connectivity index (χ0v) is 24.5. The molecule has 0 spiro atoms. The van der Waals surface area contributed by atoms with Crippen LogP contribution in [0.25, 0.3) is 0 Å². The van der Waals surface area contributed by atoms with Gasteiger partial charge < -0.3 is 89.3 Å². The Labute approximate surface area is 255 Å². The summed E-state index contributed by atoms with van der Waals surface area (Å²) in [6.45, 7) is -0.444. The maximum absolute atomic E-state index is 13.1. The highest BCUT2D eigenvalue weighted by molar-refractivity contribution is 5.86. The van der Waals surface area contributed by atoms with E-state index in [0.717, 1.165) is 0 Å². The van der Waals surface area contributed by atoms with Gasteiger partial charge in [-0.2, -0.15) is 0 Å². The molecule has 0 radical (unpaired) electrons. The molecule has 2 aliphatic carbocycles. The number of carbonyl (C=O) groups is 1. The van der Waals surface area contributed by atoms with Gasteiger partial charge in [0.25, 0.3) is 5.91 Å². The second-order valence-electron chi connectivity index (χ2n) is 12.8. The van der Waals surface area contributed by atoms with E-state index in [1.165, 1.54) is 0 Å². The summed E-state index contributed by atoms with van der Waals surface area (Å²) in [7, 11) is 0. The second kappa shape index (κ2) is 14.7. The lowest BCUT2D eigenvalue weighted by molar-refractivity contribution is -0.306. The van der Waals surface area contributed by atoms with E-state index in [4.69, 9.17) is 42.9 Å². The highest BCUT2D eigenvalue weighted by Crippen LogP contribution is 2.38. The van der Waals surface area contributed by atoms with Gasteiger partial charge in [0.15, 0.2) is 6.29 Å². The van der Waals surface area contributed by atoms with Gasteiger partial charge in [-0.25, -0.2) is 0 Å². The molecule has 256 valence electrons. The Morgan fingerprint density at radius 3 is 2.25 bits per heavy atom. The Hall–Kier alpha value is -1.17. The third-order valence-corrected chi connectivity index (χ3v) is 9.38. The van der Waals surface area contributed by atoms with Crippen LogP contribution in [0, 0.1) is 5.92 Å². The van der Waals surface area contributed by atoms with Crippen molar-refractivity contribution in [2.45, 2.75) is 123 Å². The van der Waals surface area contributed by atoms with Gasteiger partial charge in [0.1, 0.15) is 30.0 Å². The van der Waals surface area contributed by atoms with Gasteiger partial charge in [0.05, 0.1) is 49.7 Å².